The Balaban J connectivity index is 1.52. The second kappa shape index (κ2) is 12.0. The molecule has 1 fully saturated rings. The highest BCUT2D eigenvalue weighted by Crippen LogP contribution is 2.42. The molecule has 10 nitrogen and oxygen atoms in total. The number of aromatic nitrogens is 2. The van der Waals surface area contributed by atoms with Crippen LogP contribution in [0.3, 0.4) is 0 Å². The Kier molecular flexibility index (Phi) is 8.16. The smallest absolute Gasteiger partial charge is 0.296 e. The van der Waals surface area contributed by atoms with E-state index in [9.17, 15) is 19.3 Å². The number of methoxy groups -OCH3 is 1. The molecule has 1 amide bonds. The second-order valence-electron chi connectivity index (χ2n) is 9.87. The van der Waals surface area contributed by atoms with Gasteiger partial charge >= 0.3 is 0 Å². The Morgan fingerprint density at radius 2 is 1.93 bits per heavy atom. The first-order valence-corrected chi connectivity index (χ1v) is 13.6. The fourth-order valence-corrected chi connectivity index (χ4v) is 5.74. The minimum atomic E-state index is -0.516. The number of hydrogen-bond donors (Lipinski definition) is 2. The van der Waals surface area contributed by atoms with Crippen molar-refractivity contribution in [1.29, 1.82) is 0 Å². The molecule has 0 spiro atoms. The number of ether oxygens (including phenoxy) is 1. The Morgan fingerprint density at radius 1 is 1.17 bits per heavy atom. The normalized spacial score (nSPS) is 16.3. The lowest BCUT2D eigenvalue weighted by Crippen LogP contribution is -2.33. The molecule has 2 atom stereocenters. The van der Waals surface area contributed by atoms with Crippen LogP contribution in [0.2, 0.25) is 0 Å². The van der Waals surface area contributed by atoms with Gasteiger partial charge in [-0.3, -0.25) is 19.9 Å². The van der Waals surface area contributed by atoms with Crippen LogP contribution < -0.4 is 15.4 Å². The zero-order valence-electron chi connectivity index (χ0n) is 23.2. The highest BCUT2D eigenvalue weighted by molar-refractivity contribution is 7.80. The summed E-state index contributed by atoms with van der Waals surface area (Å²) >= 11 is 5.74. The van der Waals surface area contributed by atoms with E-state index in [2.05, 4.69) is 15.6 Å². The van der Waals surface area contributed by atoms with Gasteiger partial charge in [0.05, 0.1) is 41.6 Å². The van der Waals surface area contributed by atoms with Crippen LogP contribution in [0, 0.1) is 29.8 Å². The first-order valence-electron chi connectivity index (χ1n) is 13.2. The zero-order chi connectivity index (χ0) is 30.0. The minimum Gasteiger partial charge on any atom is -0.496 e. The van der Waals surface area contributed by atoms with Crippen LogP contribution >= 0.6 is 12.2 Å². The van der Waals surface area contributed by atoms with E-state index < -0.39 is 10.7 Å². The third-order valence-electron chi connectivity index (χ3n) is 7.33. The lowest BCUT2D eigenvalue weighted by atomic mass is 9.96. The number of pyridine rings is 1. The van der Waals surface area contributed by atoms with Gasteiger partial charge in [-0.05, 0) is 74.1 Å². The number of carbonyl (C=O) groups excluding carboxylic acids is 1. The number of nitrogens with zero attached hydrogens (tertiary/aromatic N) is 4. The molecule has 5 rings (SSSR count). The van der Waals surface area contributed by atoms with Crippen molar-refractivity contribution < 1.29 is 18.8 Å². The lowest BCUT2D eigenvalue weighted by Gasteiger charge is -2.28. The number of para-hydroxylation sites is 1. The van der Waals surface area contributed by atoms with Crippen LogP contribution in [-0.2, 0) is 4.79 Å². The van der Waals surface area contributed by atoms with Crippen LogP contribution in [0.1, 0.15) is 41.1 Å². The summed E-state index contributed by atoms with van der Waals surface area (Å²) in [5, 5.41) is 18.4. The highest BCUT2D eigenvalue weighted by Gasteiger charge is 2.41. The van der Waals surface area contributed by atoms with Crippen molar-refractivity contribution in [1.82, 2.24) is 19.8 Å². The monoisotopic (exact) mass is 588 g/mol. The van der Waals surface area contributed by atoms with E-state index in [1.54, 1.807) is 30.5 Å². The first-order chi connectivity index (χ1) is 20.2. The van der Waals surface area contributed by atoms with Gasteiger partial charge in [0.2, 0.25) is 5.91 Å². The standard InChI is InChI=1S/C30H29FN6O4S/c1-18-16-21(19(2)36(18)25-12-11-20(41-3)17-26(25)37(39)40)29-28(24-10-6-7-14-32-24)34-30(42)35(29)15-13-27(38)33-23-9-5-4-8-22(23)31/h4-12,14,16-17,28-29H,13,15H2,1-3H3,(H,33,38)(H,34,42)/t28-,29-/m0/s1. The molecule has 1 aliphatic rings. The van der Waals surface area contributed by atoms with Gasteiger partial charge in [-0.25, -0.2) is 4.39 Å². The molecule has 3 heterocycles. The molecule has 216 valence electrons. The summed E-state index contributed by atoms with van der Waals surface area (Å²) in [5.74, 6) is -0.492. The molecule has 2 aromatic heterocycles. The number of nitrogens with one attached hydrogen (secondary N) is 2. The van der Waals surface area contributed by atoms with Gasteiger partial charge in [-0.2, -0.15) is 0 Å². The summed E-state index contributed by atoms with van der Waals surface area (Å²) < 4.78 is 21.2. The molecule has 1 saturated heterocycles. The summed E-state index contributed by atoms with van der Waals surface area (Å²) in [7, 11) is 1.46. The average molecular weight is 589 g/mol. The SMILES string of the molecule is COc1ccc(-n2c(C)cc([C@H]3[C@H](c4ccccn4)NC(=S)N3CCC(=O)Nc3ccccc3F)c2C)c([N+](=O)[O-])c1. The van der Waals surface area contributed by atoms with Crippen molar-refractivity contribution in [2.24, 2.45) is 0 Å². The average Bonchev–Trinajstić information content (AvgIpc) is 3.47. The Hall–Kier alpha value is -4.84. The van der Waals surface area contributed by atoms with Gasteiger partial charge in [0.25, 0.3) is 5.69 Å². The summed E-state index contributed by atoms with van der Waals surface area (Å²) in [6.07, 6.45) is 1.75. The highest BCUT2D eigenvalue weighted by atomic mass is 32.1. The van der Waals surface area contributed by atoms with Crippen LogP contribution in [0.5, 0.6) is 5.75 Å². The fourth-order valence-electron chi connectivity index (χ4n) is 5.41. The molecule has 42 heavy (non-hydrogen) atoms. The number of rotatable bonds is 9. The van der Waals surface area contributed by atoms with Crippen molar-refractivity contribution in [2.45, 2.75) is 32.4 Å². The van der Waals surface area contributed by atoms with Crippen molar-refractivity contribution in [3.05, 3.63) is 112 Å². The summed E-state index contributed by atoms with van der Waals surface area (Å²) in [6, 6.07) is 17.6. The topological polar surface area (TPSA) is 115 Å². The molecule has 0 unspecified atom stereocenters. The van der Waals surface area contributed by atoms with Gasteiger partial charge in [0.15, 0.2) is 5.11 Å². The van der Waals surface area contributed by atoms with E-state index in [1.165, 1.54) is 25.3 Å². The largest absolute Gasteiger partial charge is 0.496 e. The van der Waals surface area contributed by atoms with Gasteiger partial charge in [-0.15, -0.1) is 0 Å². The van der Waals surface area contributed by atoms with Crippen molar-refractivity contribution in [2.75, 3.05) is 19.0 Å². The molecular formula is C30H29FN6O4S. The van der Waals surface area contributed by atoms with Crippen molar-refractivity contribution >= 4 is 34.6 Å². The maximum atomic E-state index is 14.1. The van der Waals surface area contributed by atoms with Gasteiger partial charge in [-0.1, -0.05) is 18.2 Å². The number of benzene rings is 2. The van der Waals surface area contributed by atoms with E-state index in [1.807, 2.05) is 47.6 Å². The third kappa shape index (κ3) is 5.53. The van der Waals surface area contributed by atoms with Crippen LogP contribution in [-0.4, -0.2) is 44.0 Å². The van der Waals surface area contributed by atoms with E-state index >= 15 is 0 Å². The molecule has 2 N–H and O–H groups in total. The van der Waals surface area contributed by atoms with Crippen molar-refractivity contribution in [3.63, 3.8) is 0 Å². The molecule has 0 saturated carbocycles. The molecular weight excluding hydrogens is 559 g/mol. The van der Waals surface area contributed by atoms with Crippen molar-refractivity contribution in [3.8, 4) is 11.4 Å². The first kappa shape index (κ1) is 28.7. The number of thiocarbonyl (C=S) groups is 1. The number of anilines is 1. The van der Waals surface area contributed by atoms with Gasteiger partial charge in [0.1, 0.15) is 17.3 Å². The number of nitro benzene ring substituents is 1. The second-order valence-corrected chi connectivity index (χ2v) is 10.3. The van der Waals surface area contributed by atoms with Crippen LogP contribution in [0.25, 0.3) is 5.69 Å². The number of hydrogen-bond acceptors (Lipinski definition) is 6. The van der Waals surface area contributed by atoms with E-state index in [0.29, 0.717) is 16.5 Å². The predicted molar refractivity (Wildman–Crippen MR) is 160 cm³/mol. The van der Waals surface area contributed by atoms with Crippen LogP contribution in [0.15, 0.2) is 72.9 Å². The number of aryl methyl sites for hydroxylation is 1. The maximum Gasteiger partial charge on any atom is 0.296 e. The molecule has 1 aliphatic heterocycles. The predicted octanol–water partition coefficient (Wildman–Crippen LogP) is 5.55. The quantitative estimate of drug-likeness (QED) is 0.149. The van der Waals surface area contributed by atoms with Crippen LogP contribution in [0.4, 0.5) is 15.8 Å². The number of nitro groups is 1. The number of carbonyl (C=O) groups is 1. The van der Waals surface area contributed by atoms with Gasteiger partial charge < -0.3 is 24.8 Å². The maximum absolute atomic E-state index is 14.1. The summed E-state index contributed by atoms with van der Waals surface area (Å²) in [6.45, 7) is 4.02. The minimum absolute atomic E-state index is 0.0459. The molecule has 12 heteroatoms. The van der Waals surface area contributed by atoms with Gasteiger partial charge in [0, 0.05) is 30.6 Å². The summed E-state index contributed by atoms with van der Waals surface area (Å²) in [5.41, 5.74) is 3.60. The zero-order valence-corrected chi connectivity index (χ0v) is 24.0. The lowest BCUT2D eigenvalue weighted by molar-refractivity contribution is -0.384. The molecule has 0 radical (unpaired) electrons. The molecule has 4 aromatic rings. The summed E-state index contributed by atoms with van der Waals surface area (Å²) in [4.78, 5) is 30.9. The number of amides is 1. The van der Waals surface area contributed by atoms with E-state index in [0.717, 1.165) is 22.6 Å². The Labute approximate surface area is 247 Å². The Bertz CT molecular complexity index is 1660. The number of halogens is 1. The van der Waals surface area contributed by atoms with E-state index in [-0.39, 0.29) is 42.3 Å². The molecule has 0 aliphatic carbocycles. The Morgan fingerprint density at radius 3 is 2.62 bits per heavy atom. The third-order valence-corrected chi connectivity index (χ3v) is 7.69. The fraction of sp³-hybridized carbons (Fsp3) is 0.233. The molecule has 0 bridgehead atoms. The molecule has 2 aromatic carbocycles. The van der Waals surface area contributed by atoms with E-state index in [4.69, 9.17) is 17.0 Å².